The van der Waals surface area contributed by atoms with Gasteiger partial charge >= 0.3 is 0 Å². The smallest absolute Gasteiger partial charge is 0.243 e. The quantitative estimate of drug-likeness (QED) is 0.749. The Kier molecular flexibility index (Phi) is 6.80. The number of anilines is 2. The minimum absolute atomic E-state index is 0.00275. The highest BCUT2D eigenvalue weighted by atomic mass is 79.9. The van der Waals surface area contributed by atoms with Crippen LogP contribution in [0.1, 0.15) is 16.7 Å². The fourth-order valence-corrected chi connectivity index (χ4v) is 3.13. The molecule has 0 saturated heterocycles. The molecule has 2 aromatic carbocycles. The zero-order valence-corrected chi connectivity index (χ0v) is 17.1. The summed E-state index contributed by atoms with van der Waals surface area (Å²) in [6, 6.07) is 11.6. The van der Waals surface area contributed by atoms with Crippen molar-refractivity contribution in [2.45, 2.75) is 20.8 Å². The summed E-state index contributed by atoms with van der Waals surface area (Å²) in [5.41, 5.74) is 4.84. The molecule has 0 atom stereocenters. The van der Waals surface area contributed by atoms with E-state index in [-0.39, 0.29) is 24.9 Å². The Bertz CT molecular complexity index is 800. The Morgan fingerprint density at radius 1 is 1.04 bits per heavy atom. The van der Waals surface area contributed by atoms with Crippen LogP contribution in [0.4, 0.5) is 11.4 Å². The molecule has 6 heteroatoms. The number of rotatable bonds is 6. The highest BCUT2D eigenvalue weighted by Crippen LogP contribution is 2.20. The van der Waals surface area contributed by atoms with Gasteiger partial charge in [0.05, 0.1) is 13.1 Å². The highest BCUT2D eigenvalue weighted by Gasteiger charge is 2.14. The minimum atomic E-state index is -0.224. The zero-order valence-electron chi connectivity index (χ0n) is 15.5. The van der Waals surface area contributed by atoms with Gasteiger partial charge < -0.3 is 15.5 Å². The van der Waals surface area contributed by atoms with E-state index < -0.39 is 0 Å². The molecule has 2 amide bonds. The monoisotopic (exact) mass is 417 g/mol. The third-order valence-corrected chi connectivity index (χ3v) is 4.66. The third kappa shape index (κ3) is 5.33. The van der Waals surface area contributed by atoms with E-state index in [4.69, 9.17) is 0 Å². The van der Waals surface area contributed by atoms with Gasteiger partial charge in [0.2, 0.25) is 11.8 Å². The Hall–Kier alpha value is -2.34. The summed E-state index contributed by atoms with van der Waals surface area (Å²) in [5.74, 6) is -0.367. The van der Waals surface area contributed by atoms with Gasteiger partial charge in [0.1, 0.15) is 0 Å². The van der Waals surface area contributed by atoms with Crippen LogP contribution in [0, 0.1) is 20.8 Å². The summed E-state index contributed by atoms with van der Waals surface area (Å²) in [5, 5.41) is 6.01. The number of amides is 2. The van der Waals surface area contributed by atoms with Gasteiger partial charge in [-0.3, -0.25) is 9.59 Å². The molecule has 2 N–H and O–H groups in total. The molecule has 0 heterocycles. The van der Waals surface area contributed by atoms with Gasteiger partial charge in [-0.2, -0.15) is 0 Å². The van der Waals surface area contributed by atoms with Crippen LogP contribution in [0.5, 0.6) is 0 Å². The first-order valence-electron chi connectivity index (χ1n) is 8.38. The molecule has 0 fully saturated rings. The van der Waals surface area contributed by atoms with Crippen LogP contribution in [0.2, 0.25) is 0 Å². The summed E-state index contributed by atoms with van der Waals surface area (Å²) in [6.07, 6.45) is 0. The maximum Gasteiger partial charge on any atom is 0.243 e. The number of hydrogen-bond acceptors (Lipinski definition) is 3. The molecule has 0 radical (unpaired) electrons. The van der Waals surface area contributed by atoms with E-state index in [2.05, 4.69) is 26.6 Å². The molecule has 138 valence electrons. The van der Waals surface area contributed by atoms with Crippen molar-refractivity contribution in [2.75, 3.05) is 30.8 Å². The average Bonchev–Trinajstić information content (AvgIpc) is 2.56. The van der Waals surface area contributed by atoms with Gasteiger partial charge in [-0.25, -0.2) is 0 Å². The second-order valence-electron chi connectivity index (χ2n) is 6.38. The van der Waals surface area contributed by atoms with Gasteiger partial charge in [0.25, 0.3) is 0 Å². The van der Waals surface area contributed by atoms with Crippen molar-refractivity contribution in [3.05, 3.63) is 57.6 Å². The fourth-order valence-electron chi connectivity index (χ4n) is 2.65. The van der Waals surface area contributed by atoms with Gasteiger partial charge in [0.15, 0.2) is 0 Å². The zero-order chi connectivity index (χ0) is 19.3. The van der Waals surface area contributed by atoms with E-state index in [1.54, 1.807) is 7.05 Å². The van der Waals surface area contributed by atoms with E-state index in [1.807, 2.05) is 57.2 Å². The Labute approximate surface area is 162 Å². The summed E-state index contributed by atoms with van der Waals surface area (Å²) >= 11 is 3.40. The van der Waals surface area contributed by atoms with Crippen LogP contribution in [0.3, 0.4) is 0 Å². The van der Waals surface area contributed by atoms with Crippen LogP contribution in [-0.4, -0.2) is 36.9 Å². The number of carbonyl (C=O) groups is 2. The number of hydrogen-bond donors (Lipinski definition) is 2. The standard InChI is InChI=1S/C20H24BrN3O2/c1-13-6-5-7-14(2)20(13)22-11-19(26)24(4)12-18(25)23-17-9-8-16(21)10-15(17)3/h5-10,22H,11-12H2,1-4H3,(H,23,25). The topological polar surface area (TPSA) is 61.4 Å². The predicted octanol–water partition coefficient (Wildman–Crippen LogP) is 3.88. The fraction of sp³-hybridized carbons (Fsp3) is 0.300. The van der Waals surface area contributed by atoms with Crippen molar-refractivity contribution >= 4 is 39.1 Å². The molecule has 2 rings (SSSR count). The summed E-state index contributed by atoms with van der Waals surface area (Å²) in [6.45, 7) is 6.06. The van der Waals surface area contributed by atoms with E-state index in [9.17, 15) is 9.59 Å². The van der Waals surface area contributed by atoms with Gasteiger partial charge in [0, 0.05) is 22.9 Å². The average molecular weight is 418 g/mol. The second-order valence-corrected chi connectivity index (χ2v) is 7.29. The van der Waals surface area contributed by atoms with E-state index in [0.717, 1.165) is 32.5 Å². The number of nitrogens with one attached hydrogen (secondary N) is 2. The van der Waals surface area contributed by atoms with E-state index >= 15 is 0 Å². The number of carbonyl (C=O) groups excluding carboxylic acids is 2. The first-order chi connectivity index (χ1) is 12.3. The van der Waals surface area contributed by atoms with Crippen LogP contribution in [0.25, 0.3) is 0 Å². The molecule has 0 unspecified atom stereocenters. The molecule has 0 saturated carbocycles. The first kappa shape index (κ1) is 20.0. The molecule has 0 aliphatic rings. The molecular weight excluding hydrogens is 394 g/mol. The lowest BCUT2D eigenvalue weighted by Gasteiger charge is -2.19. The van der Waals surface area contributed by atoms with Crippen LogP contribution < -0.4 is 10.6 Å². The summed E-state index contributed by atoms with van der Waals surface area (Å²) < 4.78 is 0.956. The minimum Gasteiger partial charge on any atom is -0.376 e. The lowest BCUT2D eigenvalue weighted by molar-refractivity contribution is -0.131. The summed E-state index contributed by atoms with van der Waals surface area (Å²) in [4.78, 5) is 25.9. The molecular formula is C20H24BrN3O2. The van der Waals surface area contributed by atoms with Gasteiger partial charge in [-0.1, -0.05) is 34.1 Å². The SMILES string of the molecule is Cc1cc(Br)ccc1NC(=O)CN(C)C(=O)CNc1c(C)cccc1C. The maximum absolute atomic E-state index is 12.3. The van der Waals surface area contributed by atoms with E-state index in [1.165, 1.54) is 4.90 Å². The normalized spacial score (nSPS) is 10.3. The van der Waals surface area contributed by atoms with Crippen molar-refractivity contribution in [1.29, 1.82) is 0 Å². The van der Waals surface area contributed by atoms with Crippen molar-refractivity contribution in [3.8, 4) is 0 Å². The Morgan fingerprint density at radius 2 is 1.69 bits per heavy atom. The first-order valence-corrected chi connectivity index (χ1v) is 9.17. The van der Waals surface area contributed by atoms with Crippen molar-refractivity contribution in [2.24, 2.45) is 0 Å². The van der Waals surface area contributed by atoms with E-state index in [0.29, 0.717) is 0 Å². The Morgan fingerprint density at radius 3 is 2.31 bits per heavy atom. The maximum atomic E-state index is 12.3. The summed E-state index contributed by atoms with van der Waals surface area (Å²) in [7, 11) is 1.63. The molecule has 2 aromatic rings. The van der Waals surface area contributed by atoms with Crippen molar-refractivity contribution in [3.63, 3.8) is 0 Å². The number of aryl methyl sites for hydroxylation is 3. The molecule has 0 aliphatic heterocycles. The molecule has 0 aliphatic carbocycles. The molecule has 5 nitrogen and oxygen atoms in total. The highest BCUT2D eigenvalue weighted by molar-refractivity contribution is 9.10. The number of benzene rings is 2. The second kappa shape index (κ2) is 8.85. The van der Waals surface area contributed by atoms with Gasteiger partial charge in [-0.15, -0.1) is 0 Å². The lowest BCUT2D eigenvalue weighted by Crippen LogP contribution is -2.38. The van der Waals surface area contributed by atoms with Crippen LogP contribution >= 0.6 is 15.9 Å². The van der Waals surface area contributed by atoms with Crippen LogP contribution in [-0.2, 0) is 9.59 Å². The third-order valence-electron chi connectivity index (χ3n) is 4.17. The largest absolute Gasteiger partial charge is 0.376 e. The molecule has 0 aromatic heterocycles. The molecule has 26 heavy (non-hydrogen) atoms. The lowest BCUT2D eigenvalue weighted by atomic mass is 10.1. The van der Waals surface area contributed by atoms with Gasteiger partial charge in [-0.05, 0) is 55.7 Å². The van der Waals surface area contributed by atoms with Crippen molar-refractivity contribution < 1.29 is 9.59 Å². The molecule has 0 spiro atoms. The number of likely N-dealkylation sites (N-methyl/N-ethyl adjacent to an activating group) is 1. The number of para-hydroxylation sites is 1. The number of nitrogens with zero attached hydrogens (tertiary/aromatic N) is 1. The predicted molar refractivity (Wildman–Crippen MR) is 110 cm³/mol. The van der Waals surface area contributed by atoms with Crippen LogP contribution in [0.15, 0.2) is 40.9 Å². The molecule has 0 bridgehead atoms. The van der Waals surface area contributed by atoms with Crippen molar-refractivity contribution in [1.82, 2.24) is 4.90 Å². The number of halogens is 1. The Balaban J connectivity index is 1.89.